The van der Waals surface area contributed by atoms with E-state index in [4.69, 9.17) is 4.74 Å². The average Bonchev–Trinajstić information content (AvgIpc) is 3.41. The molecule has 1 N–H and O–H groups in total. The highest BCUT2D eigenvalue weighted by Crippen LogP contribution is 2.28. The molecule has 1 aromatic rings. The molecule has 9 heteroatoms. The Morgan fingerprint density at radius 2 is 2.11 bits per heavy atom. The lowest BCUT2D eigenvalue weighted by Crippen LogP contribution is -2.40. The van der Waals surface area contributed by atoms with Gasteiger partial charge in [0.2, 0.25) is 0 Å². The number of rotatable bonds is 10. The van der Waals surface area contributed by atoms with E-state index < -0.39 is 12.4 Å². The SMILES string of the molecule is CCNC(=NCc1c(F)cccc1OC(F)F)N(C)CCOCC1CC1.I. The molecule has 0 unspecified atom stereocenters. The van der Waals surface area contributed by atoms with Gasteiger partial charge in [-0.1, -0.05) is 6.07 Å². The smallest absolute Gasteiger partial charge is 0.387 e. The summed E-state index contributed by atoms with van der Waals surface area (Å²) in [4.78, 5) is 6.22. The van der Waals surface area contributed by atoms with Crippen LogP contribution in [0.2, 0.25) is 0 Å². The van der Waals surface area contributed by atoms with E-state index in [0.717, 1.165) is 6.61 Å². The molecule has 0 amide bonds. The molecule has 5 nitrogen and oxygen atoms in total. The number of halogens is 4. The maximum Gasteiger partial charge on any atom is 0.387 e. The van der Waals surface area contributed by atoms with E-state index in [-0.39, 0.29) is 41.8 Å². The number of benzene rings is 1. The van der Waals surface area contributed by atoms with Crippen LogP contribution in [0.3, 0.4) is 0 Å². The molecule has 0 aliphatic heterocycles. The maximum atomic E-state index is 14.0. The molecule has 0 atom stereocenters. The van der Waals surface area contributed by atoms with Crippen LogP contribution in [-0.2, 0) is 11.3 Å². The van der Waals surface area contributed by atoms with Crippen LogP contribution in [0, 0.1) is 11.7 Å². The Bertz CT molecular complexity index is 601. The quantitative estimate of drug-likeness (QED) is 0.229. The second-order valence-corrected chi connectivity index (χ2v) is 6.21. The van der Waals surface area contributed by atoms with Crippen LogP contribution in [0.4, 0.5) is 13.2 Å². The Morgan fingerprint density at radius 1 is 1.37 bits per heavy atom. The number of ether oxygens (including phenoxy) is 2. The van der Waals surface area contributed by atoms with Gasteiger partial charge in [0, 0.05) is 26.7 Å². The zero-order valence-electron chi connectivity index (χ0n) is 15.6. The summed E-state index contributed by atoms with van der Waals surface area (Å²) in [6.07, 6.45) is 2.48. The van der Waals surface area contributed by atoms with Gasteiger partial charge in [0.1, 0.15) is 11.6 Å². The van der Waals surface area contributed by atoms with Crippen molar-refractivity contribution in [1.82, 2.24) is 10.2 Å². The number of alkyl halides is 2. The van der Waals surface area contributed by atoms with Crippen LogP contribution in [-0.4, -0.2) is 50.8 Å². The predicted octanol–water partition coefficient (Wildman–Crippen LogP) is 3.87. The van der Waals surface area contributed by atoms with Gasteiger partial charge in [-0.15, -0.1) is 24.0 Å². The summed E-state index contributed by atoms with van der Waals surface area (Å²) < 4.78 is 49.0. The van der Waals surface area contributed by atoms with E-state index in [1.54, 1.807) is 0 Å². The lowest BCUT2D eigenvalue weighted by atomic mass is 10.2. The number of nitrogens with one attached hydrogen (secondary N) is 1. The van der Waals surface area contributed by atoms with Crippen molar-refractivity contribution in [2.24, 2.45) is 10.9 Å². The van der Waals surface area contributed by atoms with E-state index >= 15 is 0 Å². The standard InChI is InChI=1S/C18H26F3N3O2.HI/c1-3-22-18(24(2)9-10-25-12-13-7-8-13)23-11-14-15(19)5-4-6-16(14)26-17(20)21;/h4-6,13,17H,3,7-12H2,1-2H3,(H,22,23);1H. The molecule has 0 heterocycles. The molecular weight excluding hydrogens is 474 g/mol. The number of aliphatic imine (C=N–C) groups is 1. The monoisotopic (exact) mass is 501 g/mol. The molecule has 1 fully saturated rings. The van der Waals surface area contributed by atoms with Gasteiger partial charge in [-0.3, -0.25) is 0 Å². The fourth-order valence-corrected chi connectivity index (χ4v) is 2.36. The Morgan fingerprint density at radius 3 is 2.74 bits per heavy atom. The minimum absolute atomic E-state index is 0. The number of likely N-dealkylation sites (N-methyl/N-ethyl adjacent to an activating group) is 1. The van der Waals surface area contributed by atoms with Gasteiger partial charge in [-0.25, -0.2) is 9.38 Å². The van der Waals surface area contributed by atoms with E-state index in [9.17, 15) is 13.2 Å². The summed E-state index contributed by atoms with van der Waals surface area (Å²) in [6.45, 7) is 1.40. The number of hydrogen-bond donors (Lipinski definition) is 1. The van der Waals surface area contributed by atoms with Crippen molar-refractivity contribution in [2.45, 2.75) is 32.9 Å². The zero-order valence-corrected chi connectivity index (χ0v) is 17.9. The van der Waals surface area contributed by atoms with Crippen molar-refractivity contribution in [3.05, 3.63) is 29.6 Å². The van der Waals surface area contributed by atoms with Gasteiger partial charge in [0.15, 0.2) is 5.96 Å². The van der Waals surface area contributed by atoms with Gasteiger partial charge in [0.25, 0.3) is 0 Å². The minimum Gasteiger partial charge on any atom is -0.434 e. The zero-order chi connectivity index (χ0) is 18.9. The third-order valence-corrected chi connectivity index (χ3v) is 4.00. The number of hydrogen-bond acceptors (Lipinski definition) is 3. The third-order valence-electron chi connectivity index (χ3n) is 4.00. The summed E-state index contributed by atoms with van der Waals surface area (Å²) in [6, 6.07) is 3.84. The first kappa shape index (κ1) is 23.8. The van der Waals surface area contributed by atoms with Crippen LogP contribution >= 0.6 is 24.0 Å². The molecule has 2 rings (SSSR count). The van der Waals surface area contributed by atoms with E-state index in [0.29, 0.717) is 31.6 Å². The van der Waals surface area contributed by atoms with E-state index in [1.807, 2.05) is 18.9 Å². The van der Waals surface area contributed by atoms with Crippen LogP contribution in [0.1, 0.15) is 25.3 Å². The first-order valence-corrected chi connectivity index (χ1v) is 8.80. The van der Waals surface area contributed by atoms with Crippen molar-refractivity contribution in [2.75, 3.05) is 33.4 Å². The highest BCUT2D eigenvalue weighted by atomic mass is 127. The van der Waals surface area contributed by atoms with Crippen molar-refractivity contribution in [3.8, 4) is 5.75 Å². The number of nitrogens with zero attached hydrogens (tertiary/aromatic N) is 2. The Balaban J connectivity index is 0.00000364. The van der Waals surface area contributed by atoms with Gasteiger partial charge in [0.05, 0.1) is 18.7 Å². The molecule has 1 aliphatic carbocycles. The Labute approximate surface area is 175 Å². The molecule has 1 saturated carbocycles. The molecule has 0 saturated heterocycles. The molecule has 0 bridgehead atoms. The Hall–Kier alpha value is -1.23. The van der Waals surface area contributed by atoms with E-state index in [1.165, 1.54) is 31.0 Å². The van der Waals surface area contributed by atoms with Crippen molar-refractivity contribution in [3.63, 3.8) is 0 Å². The molecule has 1 aromatic carbocycles. The fourth-order valence-electron chi connectivity index (χ4n) is 2.36. The average molecular weight is 501 g/mol. The summed E-state index contributed by atoms with van der Waals surface area (Å²) >= 11 is 0. The molecule has 27 heavy (non-hydrogen) atoms. The van der Waals surface area contributed by atoms with Crippen LogP contribution in [0.5, 0.6) is 5.75 Å². The fraction of sp³-hybridized carbons (Fsp3) is 0.611. The second kappa shape index (κ2) is 12.3. The van der Waals surface area contributed by atoms with E-state index in [2.05, 4.69) is 15.0 Å². The summed E-state index contributed by atoms with van der Waals surface area (Å²) in [7, 11) is 1.85. The molecular formula is C18H27F3IN3O2. The first-order valence-electron chi connectivity index (χ1n) is 8.80. The van der Waals surface area contributed by atoms with Gasteiger partial charge in [-0.05, 0) is 37.8 Å². The summed E-state index contributed by atoms with van der Waals surface area (Å²) in [5.74, 6) is 0.429. The minimum atomic E-state index is -3.01. The summed E-state index contributed by atoms with van der Waals surface area (Å²) in [5.41, 5.74) is 0.00147. The molecule has 154 valence electrons. The first-order chi connectivity index (χ1) is 12.5. The Kier molecular flexibility index (Phi) is 10.8. The van der Waals surface area contributed by atoms with Crippen LogP contribution in [0.25, 0.3) is 0 Å². The lowest BCUT2D eigenvalue weighted by Gasteiger charge is -2.22. The predicted molar refractivity (Wildman–Crippen MR) is 109 cm³/mol. The van der Waals surface area contributed by atoms with Gasteiger partial charge in [-0.2, -0.15) is 8.78 Å². The molecule has 0 aromatic heterocycles. The van der Waals surface area contributed by atoms with Crippen molar-refractivity contribution >= 4 is 29.9 Å². The highest BCUT2D eigenvalue weighted by molar-refractivity contribution is 14.0. The number of guanidine groups is 1. The van der Waals surface area contributed by atoms with Crippen LogP contribution in [0.15, 0.2) is 23.2 Å². The lowest BCUT2D eigenvalue weighted by molar-refractivity contribution is -0.0506. The third kappa shape index (κ3) is 8.54. The normalized spacial score (nSPS) is 14.1. The largest absolute Gasteiger partial charge is 0.434 e. The second-order valence-electron chi connectivity index (χ2n) is 6.21. The van der Waals surface area contributed by atoms with Gasteiger partial charge < -0.3 is 19.7 Å². The van der Waals surface area contributed by atoms with Crippen molar-refractivity contribution in [1.29, 1.82) is 0 Å². The van der Waals surface area contributed by atoms with Crippen LogP contribution < -0.4 is 10.1 Å². The molecule has 1 aliphatic rings. The maximum absolute atomic E-state index is 14.0. The molecule has 0 radical (unpaired) electrons. The van der Waals surface area contributed by atoms with Crippen molar-refractivity contribution < 1.29 is 22.6 Å². The molecule has 0 spiro atoms. The highest BCUT2D eigenvalue weighted by Gasteiger charge is 2.21. The van der Waals surface area contributed by atoms with Gasteiger partial charge >= 0.3 is 6.61 Å². The summed E-state index contributed by atoms with van der Waals surface area (Å²) in [5, 5.41) is 3.10. The topological polar surface area (TPSA) is 46.1 Å².